The number of amides is 2. The number of rotatable bonds is 6. The number of hydrogen-bond acceptors (Lipinski definition) is 4. The van der Waals surface area contributed by atoms with E-state index in [4.69, 9.17) is 4.74 Å². The first kappa shape index (κ1) is 18.2. The highest BCUT2D eigenvalue weighted by atomic mass is 16.5. The third kappa shape index (κ3) is 5.76. The number of carbonyl (C=O) groups excluding carboxylic acids is 3. The number of benzene rings is 2. The molecule has 0 atom stereocenters. The third-order valence-corrected chi connectivity index (χ3v) is 3.45. The fourth-order valence-electron chi connectivity index (χ4n) is 2.18. The lowest BCUT2D eigenvalue weighted by Crippen LogP contribution is -2.32. The van der Waals surface area contributed by atoms with Gasteiger partial charge in [-0.25, -0.2) is 0 Å². The monoisotopic (exact) mass is 340 g/mol. The molecule has 0 aromatic heterocycles. The average Bonchev–Trinajstić information content (AvgIpc) is 2.61. The van der Waals surface area contributed by atoms with Crippen LogP contribution in [0, 0.1) is 13.8 Å². The summed E-state index contributed by atoms with van der Waals surface area (Å²) in [6, 6.07) is 14.1. The van der Waals surface area contributed by atoms with E-state index in [2.05, 4.69) is 10.6 Å². The maximum atomic E-state index is 11.8. The first-order valence-electron chi connectivity index (χ1n) is 7.81. The van der Waals surface area contributed by atoms with Crippen molar-refractivity contribution in [1.29, 1.82) is 0 Å². The minimum absolute atomic E-state index is 0.301. The zero-order valence-corrected chi connectivity index (χ0v) is 14.2. The second-order valence-corrected chi connectivity index (χ2v) is 5.58. The minimum atomic E-state index is -0.681. The lowest BCUT2D eigenvalue weighted by atomic mass is 10.1. The molecule has 0 radical (unpaired) electrons. The van der Waals surface area contributed by atoms with E-state index in [0.29, 0.717) is 11.3 Å². The van der Waals surface area contributed by atoms with Crippen LogP contribution < -0.4 is 10.6 Å². The van der Waals surface area contributed by atoms with Crippen LogP contribution in [0.15, 0.2) is 48.5 Å². The van der Waals surface area contributed by atoms with Crippen molar-refractivity contribution in [3.63, 3.8) is 0 Å². The Morgan fingerprint density at radius 2 is 1.72 bits per heavy atom. The number of carbonyl (C=O) groups is 3. The van der Waals surface area contributed by atoms with Gasteiger partial charge in [0, 0.05) is 11.3 Å². The van der Waals surface area contributed by atoms with Gasteiger partial charge >= 0.3 is 5.97 Å². The SMILES string of the molecule is Cc1ccc(NC(=O)COC(=O)CNC(=O)c2ccccc2)c(C)c1. The van der Waals surface area contributed by atoms with Crippen molar-refractivity contribution in [2.75, 3.05) is 18.5 Å². The molecule has 0 aliphatic carbocycles. The van der Waals surface area contributed by atoms with Gasteiger partial charge in [0.2, 0.25) is 0 Å². The van der Waals surface area contributed by atoms with E-state index in [9.17, 15) is 14.4 Å². The van der Waals surface area contributed by atoms with E-state index in [1.807, 2.05) is 26.0 Å². The predicted molar refractivity (Wildman–Crippen MR) is 94.3 cm³/mol. The van der Waals surface area contributed by atoms with Crippen LogP contribution in [-0.4, -0.2) is 30.9 Å². The number of hydrogen-bond donors (Lipinski definition) is 2. The number of anilines is 1. The summed E-state index contributed by atoms with van der Waals surface area (Å²) in [4.78, 5) is 35.3. The summed E-state index contributed by atoms with van der Waals surface area (Å²) in [6.07, 6.45) is 0. The Morgan fingerprint density at radius 3 is 2.40 bits per heavy atom. The molecule has 2 aromatic carbocycles. The Morgan fingerprint density at radius 1 is 1.00 bits per heavy atom. The van der Waals surface area contributed by atoms with Crippen LogP contribution in [0.2, 0.25) is 0 Å². The summed E-state index contributed by atoms with van der Waals surface area (Å²) in [5.74, 6) is -1.49. The van der Waals surface area contributed by atoms with E-state index in [1.165, 1.54) is 0 Å². The standard InChI is InChI=1S/C19H20N2O4/c1-13-8-9-16(14(2)10-13)21-17(22)12-25-18(23)11-20-19(24)15-6-4-3-5-7-15/h3-10H,11-12H2,1-2H3,(H,20,24)(H,21,22). The van der Waals surface area contributed by atoms with Gasteiger partial charge in [-0.15, -0.1) is 0 Å². The molecule has 0 spiro atoms. The van der Waals surface area contributed by atoms with Gasteiger partial charge in [-0.05, 0) is 37.6 Å². The van der Waals surface area contributed by atoms with Crippen LogP contribution in [0.4, 0.5) is 5.69 Å². The molecular formula is C19H20N2O4. The van der Waals surface area contributed by atoms with E-state index in [1.54, 1.807) is 36.4 Å². The highest BCUT2D eigenvalue weighted by molar-refractivity contribution is 5.96. The lowest BCUT2D eigenvalue weighted by Gasteiger charge is -2.10. The van der Waals surface area contributed by atoms with Gasteiger partial charge in [-0.3, -0.25) is 14.4 Å². The zero-order chi connectivity index (χ0) is 18.2. The zero-order valence-electron chi connectivity index (χ0n) is 14.2. The van der Waals surface area contributed by atoms with Crippen molar-refractivity contribution >= 4 is 23.5 Å². The van der Waals surface area contributed by atoms with Crippen molar-refractivity contribution in [3.05, 3.63) is 65.2 Å². The van der Waals surface area contributed by atoms with Gasteiger partial charge in [-0.1, -0.05) is 35.9 Å². The number of aryl methyl sites for hydroxylation is 2. The van der Waals surface area contributed by atoms with Crippen molar-refractivity contribution in [1.82, 2.24) is 5.32 Å². The van der Waals surface area contributed by atoms with Crippen LogP contribution in [0.1, 0.15) is 21.5 Å². The average molecular weight is 340 g/mol. The minimum Gasteiger partial charge on any atom is -0.454 e. The maximum absolute atomic E-state index is 11.8. The fraction of sp³-hybridized carbons (Fsp3) is 0.211. The molecule has 130 valence electrons. The molecular weight excluding hydrogens is 320 g/mol. The molecule has 0 saturated heterocycles. The summed E-state index contributed by atoms with van der Waals surface area (Å²) in [5.41, 5.74) is 3.14. The molecule has 0 fully saturated rings. The second-order valence-electron chi connectivity index (χ2n) is 5.58. The summed E-state index contributed by atoms with van der Waals surface area (Å²) in [5, 5.41) is 5.12. The Hall–Kier alpha value is -3.15. The van der Waals surface area contributed by atoms with E-state index < -0.39 is 18.5 Å². The molecule has 6 nitrogen and oxygen atoms in total. The molecule has 2 N–H and O–H groups in total. The van der Waals surface area contributed by atoms with Crippen LogP contribution in [0.5, 0.6) is 0 Å². The molecule has 2 amide bonds. The van der Waals surface area contributed by atoms with Crippen molar-refractivity contribution in [2.45, 2.75) is 13.8 Å². The Labute approximate surface area is 146 Å². The van der Waals surface area contributed by atoms with Crippen LogP contribution >= 0.6 is 0 Å². The highest BCUT2D eigenvalue weighted by Crippen LogP contribution is 2.15. The Kier molecular flexibility index (Phi) is 6.28. The lowest BCUT2D eigenvalue weighted by molar-refractivity contribution is -0.146. The van der Waals surface area contributed by atoms with Crippen LogP contribution in [0.25, 0.3) is 0 Å². The molecule has 6 heteroatoms. The molecule has 2 rings (SSSR count). The predicted octanol–water partition coefficient (Wildman–Crippen LogP) is 2.22. The van der Waals surface area contributed by atoms with Gasteiger partial charge in [0.1, 0.15) is 6.54 Å². The van der Waals surface area contributed by atoms with Gasteiger partial charge in [0.05, 0.1) is 0 Å². The largest absolute Gasteiger partial charge is 0.454 e. The van der Waals surface area contributed by atoms with E-state index in [0.717, 1.165) is 11.1 Å². The summed E-state index contributed by atoms with van der Waals surface area (Å²) < 4.78 is 4.86. The van der Waals surface area contributed by atoms with Gasteiger partial charge in [-0.2, -0.15) is 0 Å². The first-order valence-corrected chi connectivity index (χ1v) is 7.81. The van der Waals surface area contributed by atoms with Crippen molar-refractivity contribution < 1.29 is 19.1 Å². The molecule has 0 unspecified atom stereocenters. The smallest absolute Gasteiger partial charge is 0.325 e. The van der Waals surface area contributed by atoms with Crippen molar-refractivity contribution in [3.8, 4) is 0 Å². The van der Waals surface area contributed by atoms with Crippen LogP contribution in [-0.2, 0) is 14.3 Å². The molecule has 0 aliphatic rings. The topological polar surface area (TPSA) is 84.5 Å². The molecule has 2 aromatic rings. The summed E-state index contributed by atoms with van der Waals surface area (Å²) >= 11 is 0. The van der Waals surface area contributed by atoms with Crippen molar-refractivity contribution in [2.24, 2.45) is 0 Å². The van der Waals surface area contributed by atoms with Gasteiger partial charge in [0.25, 0.3) is 11.8 Å². The summed E-state index contributed by atoms with van der Waals surface area (Å²) in [6.45, 7) is 3.13. The Balaban J connectivity index is 1.74. The third-order valence-electron chi connectivity index (χ3n) is 3.45. The first-order chi connectivity index (χ1) is 12.0. The molecule has 0 saturated carbocycles. The molecule has 0 bridgehead atoms. The summed E-state index contributed by atoms with van der Waals surface area (Å²) in [7, 11) is 0. The normalized spacial score (nSPS) is 10.0. The maximum Gasteiger partial charge on any atom is 0.325 e. The van der Waals surface area contributed by atoms with Gasteiger partial charge < -0.3 is 15.4 Å². The van der Waals surface area contributed by atoms with E-state index in [-0.39, 0.29) is 12.5 Å². The number of ether oxygens (including phenoxy) is 1. The number of esters is 1. The second kappa shape index (κ2) is 8.63. The van der Waals surface area contributed by atoms with Crippen LogP contribution in [0.3, 0.4) is 0 Å². The highest BCUT2D eigenvalue weighted by Gasteiger charge is 2.11. The van der Waals surface area contributed by atoms with E-state index >= 15 is 0 Å². The molecule has 0 heterocycles. The Bertz CT molecular complexity index is 772. The molecule has 25 heavy (non-hydrogen) atoms. The number of nitrogens with one attached hydrogen (secondary N) is 2. The van der Waals surface area contributed by atoms with Gasteiger partial charge in [0.15, 0.2) is 6.61 Å². The molecule has 0 aliphatic heterocycles. The fourth-order valence-corrected chi connectivity index (χ4v) is 2.18. The quantitative estimate of drug-likeness (QED) is 0.790.